The first-order valence-corrected chi connectivity index (χ1v) is 11.4. The van der Waals surface area contributed by atoms with E-state index < -0.39 is 33.6 Å². The Kier molecular flexibility index (Phi) is 6.74. The quantitative estimate of drug-likeness (QED) is 0.536. The second-order valence-corrected chi connectivity index (χ2v) is 8.81. The van der Waals surface area contributed by atoms with E-state index in [4.69, 9.17) is 4.74 Å². The minimum absolute atomic E-state index is 0.127. The molecule has 3 aromatic carbocycles. The highest BCUT2D eigenvalue weighted by molar-refractivity contribution is 7.92. The van der Waals surface area contributed by atoms with Crippen molar-refractivity contribution in [2.75, 3.05) is 23.7 Å². The van der Waals surface area contributed by atoms with Gasteiger partial charge >= 0.3 is 0 Å². The van der Waals surface area contributed by atoms with Gasteiger partial charge in [0.15, 0.2) is 11.6 Å². The lowest BCUT2D eigenvalue weighted by molar-refractivity contribution is -0.121. The summed E-state index contributed by atoms with van der Waals surface area (Å²) in [6.45, 7) is 1.65. The van der Waals surface area contributed by atoms with E-state index in [0.29, 0.717) is 5.75 Å². The fourth-order valence-electron chi connectivity index (χ4n) is 3.24. The van der Waals surface area contributed by atoms with E-state index in [2.05, 4.69) is 5.32 Å². The Labute approximate surface area is 179 Å². The van der Waals surface area contributed by atoms with Gasteiger partial charge in [0.1, 0.15) is 18.4 Å². The number of anilines is 1. The number of carbonyl (C=O) groups is 1. The summed E-state index contributed by atoms with van der Waals surface area (Å²) >= 11 is 0. The number of sulfonamides is 1. The fraction of sp³-hybridized carbons (Fsp3) is 0.227. The number of ether oxygens (including phenoxy) is 1. The minimum Gasteiger partial charge on any atom is -0.491 e. The third kappa shape index (κ3) is 5.29. The lowest BCUT2D eigenvalue weighted by Gasteiger charge is -2.28. The number of amides is 1. The maximum absolute atomic E-state index is 13.6. The van der Waals surface area contributed by atoms with Gasteiger partial charge in [-0.25, -0.2) is 17.2 Å². The molecule has 0 saturated heterocycles. The predicted octanol–water partition coefficient (Wildman–Crippen LogP) is 3.47. The van der Waals surface area contributed by atoms with Crippen molar-refractivity contribution in [1.82, 2.24) is 5.32 Å². The summed E-state index contributed by atoms with van der Waals surface area (Å²) in [7, 11) is -3.94. The van der Waals surface area contributed by atoms with E-state index in [1.54, 1.807) is 0 Å². The second-order valence-electron chi connectivity index (χ2n) is 6.95. The highest BCUT2D eigenvalue weighted by Gasteiger charge is 2.29. The Morgan fingerprint density at radius 3 is 2.48 bits per heavy atom. The summed E-state index contributed by atoms with van der Waals surface area (Å²) in [4.78, 5) is 12.5. The number of halogens is 2. The number of nitrogens with zero attached hydrogens (tertiary/aromatic N) is 1. The lowest BCUT2D eigenvalue weighted by atomic mass is 10.1. The SMILES string of the molecule is C[C@H](C(=O)NCCOc1cccc2ccccc12)N(c1ccc(F)c(F)c1)S(C)(=O)=O. The van der Waals surface area contributed by atoms with Crippen LogP contribution >= 0.6 is 0 Å². The van der Waals surface area contributed by atoms with Gasteiger partial charge in [-0.1, -0.05) is 36.4 Å². The van der Waals surface area contributed by atoms with Crippen LogP contribution in [0, 0.1) is 11.6 Å². The molecule has 3 rings (SSSR count). The third-order valence-corrected chi connectivity index (χ3v) is 5.90. The van der Waals surface area contributed by atoms with Crippen LogP contribution in [-0.4, -0.2) is 39.8 Å². The molecule has 1 N–H and O–H groups in total. The molecule has 0 bridgehead atoms. The van der Waals surface area contributed by atoms with Gasteiger partial charge in [0, 0.05) is 11.5 Å². The van der Waals surface area contributed by atoms with Gasteiger partial charge in [-0.3, -0.25) is 9.10 Å². The Morgan fingerprint density at radius 2 is 1.77 bits per heavy atom. The van der Waals surface area contributed by atoms with Crippen LogP contribution in [0.4, 0.5) is 14.5 Å². The molecule has 0 aromatic heterocycles. The molecule has 0 aliphatic carbocycles. The average Bonchev–Trinajstić information content (AvgIpc) is 2.72. The monoisotopic (exact) mass is 448 g/mol. The summed E-state index contributed by atoms with van der Waals surface area (Å²) in [5, 5.41) is 4.57. The number of nitrogens with one attached hydrogen (secondary N) is 1. The first-order chi connectivity index (χ1) is 14.7. The number of benzene rings is 3. The van der Waals surface area contributed by atoms with Crippen LogP contribution in [0.2, 0.25) is 0 Å². The molecule has 164 valence electrons. The van der Waals surface area contributed by atoms with E-state index in [0.717, 1.165) is 39.5 Å². The summed E-state index contributed by atoms with van der Waals surface area (Å²) in [5.41, 5.74) is -0.143. The van der Waals surface area contributed by atoms with Crippen molar-refractivity contribution in [3.8, 4) is 5.75 Å². The number of rotatable bonds is 8. The van der Waals surface area contributed by atoms with Crippen molar-refractivity contribution in [1.29, 1.82) is 0 Å². The molecule has 0 saturated carbocycles. The highest BCUT2D eigenvalue weighted by Crippen LogP contribution is 2.25. The van der Waals surface area contributed by atoms with E-state index in [1.807, 2.05) is 42.5 Å². The average molecular weight is 448 g/mol. The van der Waals surface area contributed by atoms with Crippen molar-refractivity contribution in [3.05, 3.63) is 72.3 Å². The normalized spacial score (nSPS) is 12.4. The maximum Gasteiger partial charge on any atom is 0.243 e. The van der Waals surface area contributed by atoms with Crippen LogP contribution in [0.5, 0.6) is 5.75 Å². The lowest BCUT2D eigenvalue weighted by Crippen LogP contribution is -2.48. The van der Waals surface area contributed by atoms with Crippen molar-refractivity contribution < 1.29 is 26.7 Å². The molecular weight excluding hydrogens is 426 g/mol. The van der Waals surface area contributed by atoms with Crippen LogP contribution in [0.15, 0.2) is 60.7 Å². The molecule has 0 aliphatic rings. The Bertz CT molecular complexity index is 1200. The molecule has 1 amide bonds. The van der Waals surface area contributed by atoms with Gasteiger partial charge in [0.2, 0.25) is 15.9 Å². The third-order valence-electron chi connectivity index (χ3n) is 4.65. The number of hydrogen-bond acceptors (Lipinski definition) is 4. The zero-order valence-electron chi connectivity index (χ0n) is 17.0. The van der Waals surface area contributed by atoms with Crippen LogP contribution in [0.25, 0.3) is 10.8 Å². The molecule has 9 heteroatoms. The van der Waals surface area contributed by atoms with E-state index in [1.165, 1.54) is 6.92 Å². The minimum atomic E-state index is -3.94. The van der Waals surface area contributed by atoms with E-state index in [-0.39, 0.29) is 18.8 Å². The van der Waals surface area contributed by atoms with Gasteiger partial charge in [-0.15, -0.1) is 0 Å². The molecule has 0 heterocycles. The number of fused-ring (bicyclic) bond motifs is 1. The number of hydrogen-bond donors (Lipinski definition) is 1. The molecule has 0 aliphatic heterocycles. The molecule has 0 radical (unpaired) electrons. The zero-order valence-corrected chi connectivity index (χ0v) is 17.8. The predicted molar refractivity (Wildman–Crippen MR) is 116 cm³/mol. The van der Waals surface area contributed by atoms with Crippen LogP contribution in [-0.2, 0) is 14.8 Å². The first kappa shape index (κ1) is 22.5. The molecular formula is C22H22F2N2O4S. The second kappa shape index (κ2) is 9.30. The Morgan fingerprint density at radius 1 is 1.06 bits per heavy atom. The fourth-order valence-corrected chi connectivity index (χ4v) is 4.40. The highest BCUT2D eigenvalue weighted by atomic mass is 32.2. The largest absolute Gasteiger partial charge is 0.491 e. The van der Waals surface area contributed by atoms with Crippen molar-refractivity contribution >= 4 is 32.4 Å². The molecule has 3 aromatic rings. The van der Waals surface area contributed by atoms with Crippen LogP contribution in [0.3, 0.4) is 0 Å². The van der Waals surface area contributed by atoms with Gasteiger partial charge in [0.25, 0.3) is 0 Å². The maximum atomic E-state index is 13.6. The topological polar surface area (TPSA) is 75.7 Å². The number of carbonyl (C=O) groups excluding carboxylic acids is 1. The molecule has 0 fully saturated rings. The Hall–Kier alpha value is -3.20. The van der Waals surface area contributed by atoms with Crippen LogP contribution in [0.1, 0.15) is 6.92 Å². The molecule has 1 atom stereocenters. The summed E-state index contributed by atoms with van der Waals surface area (Å²) < 4.78 is 57.8. The van der Waals surface area contributed by atoms with E-state index >= 15 is 0 Å². The standard InChI is InChI=1S/C22H22F2N2O4S/c1-15(26(31(2,28)29)17-10-11-19(23)20(24)14-17)22(27)25-12-13-30-21-9-5-7-16-6-3-4-8-18(16)21/h3-11,14-15H,12-13H2,1-2H3,(H,25,27)/t15-/m1/s1. The van der Waals surface area contributed by atoms with E-state index in [9.17, 15) is 22.0 Å². The summed E-state index contributed by atoms with van der Waals surface area (Å²) in [6, 6.07) is 14.8. The summed E-state index contributed by atoms with van der Waals surface area (Å²) in [5.74, 6) is -2.25. The van der Waals surface area contributed by atoms with Crippen molar-refractivity contribution in [3.63, 3.8) is 0 Å². The molecule has 31 heavy (non-hydrogen) atoms. The smallest absolute Gasteiger partial charge is 0.243 e. The van der Waals surface area contributed by atoms with Gasteiger partial charge < -0.3 is 10.1 Å². The molecule has 0 spiro atoms. The first-order valence-electron chi connectivity index (χ1n) is 9.51. The van der Waals surface area contributed by atoms with Crippen molar-refractivity contribution in [2.45, 2.75) is 13.0 Å². The Balaban J connectivity index is 1.65. The summed E-state index contributed by atoms with van der Waals surface area (Å²) in [6.07, 6.45) is 0.891. The zero-order chi connectivity index (χ0) is 22.6. The van der Waals surface area contributed by atoms with Crippen molar-refractivity contribution in [2.24, 2.45) is 0 Å². The molecule has 0 unspecified atom stereocenters. The van der Waals surface area contributed by atoms with Gasteiger partial charge in [-0.2, -0.15) is 0 Å². The molecule has 6 nitrogen and oxygen atoms in total. The van der Waals surface area contributed by atoms with Gasteiger partial charge in [0.05, 0.1) is 18.5 Å². The van der Waals surface area contributed by atoms with Gasteiger partial charge in [-0.05, 0) is 30.5 Å². The van der Waals surface area contributed by atoms with Crippen LogP contribution < -0.4 is 14.4 Å².